The van der Waals surface area contributed by atoms with E-state index in [4.69, 9.17) is 4.98 Å². The van der Waals surface area contributed by atoms with Gasteiger partial charge < -0.3 is 5.32 Å². The second-order valence-corrected chi connectivity index (χ2v) is 8.36. The van der Waals surface area contributed by atoms with Gasteiger partial charge in [0.05, 0.1) is 16.8 Å². The number of amides is 1. The van der Waals surface area contributed by atoms with Crippen LogP contribution in [0.2, 0.25) is 0 Å². The number of piperidine rings is 1. The average molecular weight is 380 g/mol. The van der Waals surface area contributed by atoms with Crippen molar-refractivity contribution in [1.82, 2.24) is 9.88 Å². The summed E-state index contributed by atoms with van der Waals surface area (Å²) in [5.41, 5.74) is 1.99. The van der Waals surface area contributed by atoms with Gasteiger partial charge in [0.2, 0.25) is 5.91 Å². The van der Waals surface area contributed by atoms with E-state index < -0.39 is 0 Å². The van der Waals surface area contributed by atoms with Crippen LogP contribution in [0, 0.1) is 5.92 Å². The van der Waals surface area contributed by atoms with Gasteiger partial charge in [0.1, 0.15) is 5.01 Å². The van der Waals surface area contributed by atoms with Gasteiger partial charge in [0.15, 0.2) is 0 Å². The summed E-state index contributed by atoms with van der Waals surface area (Å²) in [5.74, 6) is 0.774. The molecule has 0 aliphatic carbocycles. The first-order valence-electron chi connectivity index (χ1n) is 9.68. The van der Waals surface area contributed by atoms with Gasteiger partial charge in [-0.3, -0.25) is 9.69 Å². The number of carbonyl (C=O) groups is 1. The van der Waals surface area contributed by atoms with Gasteiger partial charge in [-0.2, -0.15) is 0 Å². The number of carbonyl (C=O) groups excluding carboxylic acids is 1. The van der Waals surface area contributed by atoms with Gasteiger partial charge in [0.25, 0.3) is 0 Å². The highest BCUT2D eigenvalue weighted by Crippen LogP contribution is 2.26. The molecule has 0 spiro atoms. The molecule has 140 valence electrons. The highest BCUT2D eigenvalue weighted by molar-refractivity contribution is 7.18. The van der Waals surface area contributed by atoms with Crippen molar-refractivity contribution >= 4 is 33.1 Å². The topological polar surface area (TPSA) is 45.2 Å². The van der Waals surface area contributed by atoms with Crippen molar-refractivity contribution in [3.05, 3.63) is 59.6 Å². The zero-order valence-electron chi connectivity index (χ0n) is 15.4. The lowest BCUT2D eigenvalue weighted by molar-refractivity contribution is -0.116. The molecule has 0 unspecified atom stereocenters. The second kappa shape index (κ2) is 8.63. The Balaban J connectivity index is 1.20. The maximum atomic E-state index is 12.1. The SMILES string of the molecule is O=C(CCC1CCN(Cc2nc3ccccc3s2)CC1)Nc1ccccc1. The Hall–Kier alpha value is -2.24. The summed E-state index contributed by atoms with van der Waals surface area (Å²) >= 11 is 1.80. The number of benzene rings is 2. The number of anilines is 1. The molecule has 4 rings (SSSR count). The fraction of sp³-hybridized carbons (Fsp3) is 0.364. The number of nitrogens with one attached hydrogen (secondary N) is 1. The minimum atomic E-state index is 0.123. The number of thiazole rings is 1. The number of hydrogen-bond donors (Lipinski definition) is 1. The molecule has 5 heteroatoms. The van der Waals surface area contributed by atoms with E-state index in [1.54, 1.807) is 11.3 Å². The van der Waals surface area contributed by atoms with Gasteiger partial charge in [-0.25, -0.2) is 4.98 Å². The van der Waals surface area contributed by atoms with Gasteiger partial charge in [-0.1, -0.05) is 30.3 Å². The fourth-order valence-corrected chi connectivity index (χ4v) is 4.70. The highest BCUT2D eigenvalue weighted by Gasteiger charge is 2.21. The molecule has 1 aliphatic rings. The van der Waals surface area contributed by atoms with Crippen LogP contribution in [0.25, 0.3) is 10.2 Å². The van der Waals surface area contributed by atoms with E-state index in [-0.39, 0.29) is 5.91 Å². The third-order valence-electron chi connectivity index (χ3n) is 5.24. The number of aromatic nitrogens is 1. The molecule has 3 aromatic rings. The summed E-state index contributed by atoms with van der Waals surface area (Å²) in [6.07, 6.45) is 3.93. The Labute approximate surface area is 164 Å². The minimum absolute atomic E-state index is 0.123. The monoisotopic (exact) mass is 379 g/mol. The number of hydrogen-bond acceptors (Lipinski definition) is 4. The Kier molecular flexibility index (Phi) is 5.80. The molecule has 1 aliphatic heterocycles. The van der Waals surface area contributed by atoms with Crippen LogP contribution in [-0.4, -0.2) is 28.9 Å². The molecule has 2 heterocycles. The van der Waals surface area contributed by atoms with Crippen molar-refractivity contribution in [3.8, 4) is 0 Å². The number of likely N-dealkylation sites (tertiary alicyclic amines) is 1. The Morgan fingerprint density at radius 3 is 2.59 bits per heavy atom. The van der Waals surface area contributed by atoms with Crippen LogP contribution < -0.4 is 5.32 Å². The van der Waals surface area contributed by atoms with Crippen LogP contribution in [0.3, 0.4) is 0 Å². The third-order valence-corrected chi connectivity index (χ3v) is 6.26. The molecule has 1 fully saturated rings. The fourth-order valence-electron chi connectivity index (χ4n) is 3.69. The molecule has 27 heavy (non-hydrogen) atoms. The molecule has 0 atom stereocenters. The predicted octanol–water partition coefficient (Wildman–Crippen LogP) is 4.93. The molecule has 1 aromatic heterocycles. The van der Waals surface area contributed by atoms with E-state index in [1.807, 2.05) is 36.4 Å². The molecule has 1 saturated heterocycles. The number of fused-ring (bicyclic) bond motifs is 1. The maximum Gasteiger partial charge on any atom is 0.224 e. The van der Waals surface area contributed by atoms with Crippen molar-refractivity contribution in [2.75, 3.05) is 18.4 Å². The summed E-state index contributed by atoms with van der Waals surface area (Å²) in [6.45, 7) is 3.14. The van der Waals surface area contributed by atoms with E-state index in [0.29, 0.717) is 12.3 Å². The van der Waals surface area contributed by atoms with Crippen LogP contribution in [0.15, 0.2) is 54.6 Å². The van der Waals surface area contributed by atoms with Gasteiger partial charge in [0, 0.05) is 12.1 Å². The van der Waals surface area contributed by atoms with E-state index in [9.17, 15) is 4.79 Å². The van der Waals surface area contributed by atoms with E-state index in [1.165, 1.54) is 22.5 Å². The summed E-state index contributed by atoms with van der Waals surface area (Å²) in [4.78, 5) is 19.4. The molecule has 0 saturated carbocycles. The lowest BCUT2D eigenvalue weighted by Crippen LogP contribution is -2.33. The Morgan fingerprint density at radius 2 is 1.81 bits per heavy atom. The maximum absolute atomic E-state index is 12.1. The van der Waals surface area contributed by atoms with E-state index in [2.05, 4.69) is 28.4 Å². The average Bonchev–Trinajstić information content (AvgIpc) is 3.10. The molecular formula is C22H25N3OS. The first-order valence-corrected chi connectivity index (χ1v) is 10.5. The molecule has 1 amide bonds. The molecule has 0 bridgehead atoms. The van der Waals surface area contributed by atoms with Gasteiger partial charge in [-0.05, 0) is 62.5 Å². The van der Waals surface area contributed by atoms with Crippen molar-refractivity contribution in [1.29, 1.82) is 0 Å². The lowest BCUT2D eigenvalue weighted by Gasteiger charge is -2.31. The smallest absolute Gasteiger partial charge is 0.224 e. The Morgan fingerprint density at radius 1 is 1.07 bits per heavy atom. The first-order chi connectivity index (χ1) is 13.3. The number of nitrogens with zero attached hydrogens (tertiary/aromatic N) is 2. The lowest BCUT2D eigenvalue weighted by atomic mass is 9.92. The predicted molar refractivity (Wildman–Crippen MR) is 112 cm³/mol. The molecule has 2 aromatic carbocycles. The molecule has 0 radical (unpaired) electrons. The first kappa shape index (κ1) is 18.1. The summed E-state index contributed by atoms with van der Waals surface area (Å²) in [7, 11) is 0. The third kappa shape index (κ3) is 4.93. The Bertz CT molecular complexity index is 852. The van der Waals surface area contributed by atoms with Crippen LogP contribution >= 0.6 is 11.3 Å². The zero-order valence-corrected chi connectivity index (χ0v) is 16.3. The van der Waals surface area contributed by atoms with Crippen molar-refractivity contribution in [2.45, 2.75) is 32.2 Å². The van der Waals surface area contributed by atoms with Crippen LogP contribution in [0.5, 0.6) is 0 Å². The standard InChI is InChI=1S/C22H25N3OS/c26-21(23-18-6-2-1-3-7-18)11-10-17-12-14-25(15-13-17)16-22-24-19-8-4-5-9-20(19)27-22/h1-9,17H,10-16H2,(H,23,26). The second-order valence-electron chi connectivity index (χ2n) is 7.25. The van der Waals surface area contributed by atoms with Gasteiger partial charge in [-0.15, -0.1) is 11.3 Å². The van der Waals surface area contributed by atoms with Crippen molar-refractivity contribution < 1.29 is 4.79 Å². The summed E-state index contributed by atoms with van der Waals surface area (Å²) < 4.78 is 1.27. The van der Waals surface area contributed by atoms with E-state index in [0.717, 1.165) is 37.3 Å². The molecule has 1 N–H and O–H groups in total. The van der Waals surface area contributed by atoms with Crippen LogP contribution in [0.4, 0.5) is 5.69 Å². The molecular weight excluding hydrogens is 354 g/mol. The summed E-state index contributed by atoms with van der Waals surface area (Å²) in [5, 5.41) is 4.18. The van der Waals surface area contributed by atoms with Crippen molar-refractivity contribution in [3.63, 3.8) is 0 Å². The zero-order chi connectivity index (χ0) is 18.5. The van der Waals surface area contributed by atoms with Gasteiger partial charge >= 0.3 is 0 Å². The largest absolute Gasteiger partial charge is 0.326 e. The number of para-hydroxylation sites is 2. The quantitative estimate of drug-likeness (QED) is 0.661. The van der Waals surface area contributed by atoms with Crippen molar-refractivity contribution in [2.24, 2.45) is 5.92 Å². The van der Waals surface area contributed by atoms with E-state index >= 15 is 0 Å². The van der Waals surface area contributed by atoms with Crippen LogP contribution in [-0.2, 0) is 11.3 Å². The normalized spacial score (nSPS) is 15.9. The van der Waals surface area contributed by atoms with Crippen LogP contribution in [0.1, 0.15) is 30.7 Å². The molecule has 4 nitrogen and oxygen atoms in total. The summed E-state index contributed by atoms with van der Waals surface area (Å²) in [6, 6.07) is 18.0. The number of rotatable bonds is 6. The highest BCUT2D eigenvalue weighted by atomic mass is 32.1. The minimum Gasteiger partial charge on any atom is -0.326 e.